The van der Waals surface area contributed by atoms with Gasteiger partial charge in [0.05, 0.1) is 10.6 Å². The van der Waals surface area contributed by atoms with Gasteiger partial charge in [0, 0.05) is 24.2 Å². The van der Waals surface area contributed by atoms with Gasteiger partial charge in [0.15, 0.2) is 5.69 Å². The average Bonchev–Trinajstić information content (AvgIpc) is 3.43. The molecular formula is C19H22N10O4. The van der Waals surface area contributed by atoms with Gasteiger partial charge in [-0.15, -0.1) is 5.10 Å². The first kappa shape index (κ1) is 22.0. The molecule has 1 saturated heterocycles. The number of carbonyl (C=O) groups excluding carboxylic acids is 1. The Balaban J connectivity index is 1.61. The number of hydrazone groups is 1. The highest BCUT2D eigenvalue weighted by Gasteiger charge is 2.26. The number of hydrogen-bond acceptors (Lipinski definition) is 11. The van der Waals surface area contributed by atoms with E-state index < -0.39 is 10.8 Å². The van der Waals surface area contributed by atoms with Gasteiger partial charge in [0.1, 0.15) is 5.69 Å². The van der Waals surface area contributed by atoms with E-state index in [1.165, 1.54) is 23.2 Å². The maximum atomic E-state index is 13.1. The van der Waals surface area contributed by atoms with E-state index in [0.29, 0.717) is 23.5 Å². The van der Waals surface area contributed by atoms with Crippen LogP contribution in [-0.2, 0) is 6.54 Å². The molecule has 0 atom stereocenters. The zero-order chi connectivity index (χ0) is 23.4. The quantitative estimate of drug-likeness (QED) is 0.299. The van der Waals surface area contributed by atoms with Crippen LogP contribution in [0.15, 0.2) is 34.0 Å². The topological polar surface area (TPSA) is 183 Å². The van der Waals surface area contributed by atoms with Crippen molar-refractivity contribution in [2.45, 2.75) is 32.7 Å². The van der Waals surface area contributed by atoms with Crippen molar-refractivity contribution in [1.29, 1.82) is 0 Å². The largest absolute Gasteiger partial charge is 0.378 e. The molecule has 1 aliphatic rings. The summed E-state index contributed by atoms with van der Waals surface area (Å²) in [6.45, 7) is 3.84. The molecule has 3 N–H and O–H groups in total. The van der Waals surface area contributed by atoms with Crippen molar-refractivity contribution in [2.75, 3.05) is 18.8 Å². The highest BCUT2D eigenvalue weighted by molar-refractivity contribution is 6.01. The fourth-order valence-corrected chi connectivity index (χ4v) is 3.56. The maximum Gasteiger partial charge on any atom is 0.292 e. The number of likely N-dealkylation sites (tertiary alicyclic amines) is 1. The lowest BCUT2D eigenvalue weighted by molar-refractivity contribution is -0.384. The maximum absolute atomic E-state index is 13.1. The Morgan fingerprint density at radius 1 is 1.30 bits per heavy atom. The minimum Gasteiger partial charge on any atom is -0.378 e. The molecule has 3 heterocycles. The number of nitro benzene ring substituents is 1. The van der Waals surface area contributed by atoms with E-state index in [4.69, 9.17) is 5.73 Å². The minimum absolute atomic E-state index is 0.0388. The van der Waals surface area contributed by atoms with Crippen LogP contribution in [-0.4, -0.2) is 59.8 Å². The molecule has 0 spiro atoms. The van der Waals surface area contributed by atoms with E-state index >= 15 is 0 Å². The number of nitro groups is 1. The van der Waals surface area contributed by atoms with Crippen molar-refractivity contribution in [3.8, 4) is 5.82 Å². The smallest absolute Gasteiger partial charge is 0.292 e. The number of aromatic nitrogens is 5. The zero-order valence-corrected chi connectivity index (χ0v) is 17.8. The summed E-state index contributed by atoms with van der Waals surface area (Å²) < 4.78 is 5.81. The number of non-ortho nitro benzene ring substituents is 1. The SMILES string of the molecule is C/C(=N\NC(=O)c1c(CN2CCCCC2)nnn1-c1nonc1N)c1cccc([N+](=O)[O-])c1. The first-order valence-electron chi connectivity index (χ1n) is 10.3. The lowest BCUT2D eigenvalue weighted by Crippen LogP contribution is -2.31. The van der Waals surface area contributed by atoms with Gasteiger partial charge in [-0.2, -0.15) is 9.78 Å². The van der Waals surface area contributed by atoms with Gasteiger partial charge in [-0.1, -0.05) is 23.8 Å². The van der Waals surface area contributed by atoms with Gasteiger partial charge in [0.2, 0.25) is 11.6 Å². The molecule has 1 aliphatic heterocycles. The van der Waals surface area contributed by atoms with Crippen LogP contribution in [0.1, 0.15) is 47.9 Å². The second kappa shape index (κ2) is 9.52. The number of anilines is 1. The van der Waals surface area contributed by atoms with Crippen LogP contribution < -0.4 is 11.2 Å². The van der Waals surface area contributed by atoms with Gasteiger partial charge in [0.25, 0.3) is 11.6 Å². The molecule has 4 rings (SSSR count). The molecule has 1 aromatic carbocycles. The molecule has 172 valence electrons. The molecule has 0 unspecified atom stereocenters. The van der Waals surface area contributed by atoms with Crippen LogP contribution in [0.25, 0.3) is 5.82 Å². The summed E-state index contributed by atoms with van der Waals surface area (Å²) in [4.78, 5) is 25.9. The first-order chi connectivity index (χ1) is 15.9. The Morgan fingerprint density at radius 2 is 2.09 bits per heavy atom. The molecule has 1 amide bonds. The summed E-state index contributed by atoms with van der Waals surface area (Å²) in [7, 11) is 0. The van der Waals surface area contributed by atoms with Crippen LogP contribution in [0.5, 0.6) is 0 Å². The summed E-state index contributed by atoms with van der Waals surface area (Å²) in [5.41, 5.74) is 9.59. The van der Waals surface area contributed by atoms with E-state index in [1.54, 1.807) is 19.1 Å². The molecule has 0 radical (unpaired) electrons. The van der Waals surface area contributed by atoms with Gasteiger partial charge in [-0.05, 0) is 43.2 Å². The van der Waals surface area contributed by atoms with Gasteiger partial charge >= 0.3 is 0 Å². The number of hydrogen-bond donors (Lipinski definition) is 2. The fourth-order valence-electron chi connectivity index (χ4n) is 3.56. The number of nitrogens with two attached hydrogens (primary N) is 1. The van der Waals surface area contributed by atoms with Crippen molar-refractivity contribution in [2.24, 2.45) is 5.10 Å². The molecule has 3 aromatic rings. The molecule has 14 nitrogen and oxygen atoms in total. The predicted octanol–water partition coefficient (Wildman–Crippen LogP) is 1.28. The third kappa shape index (κ3) is 4.85. The molecule has 1 fully saturated rings. The highest BCUT2D eigenvalue weighted by Crippen LogP contribution is 2.19. The monoisotopic (exact) mass is 454 g/mol. The molecular weight excluding hydrogens is 432 g/mol. The lowest BCUT2D eigenvalue weighted by Gasteiger charge is -2.25. The second-order valence-electron chi connectivity index (χ2n) is 7.55. The molecule has 14 heteroatoms. The van der Waals surface area contributed by atoms with E-state index in [1.807, 2.05) is 0 Å². The summed E-state index contributed by atoms with van der Waals surface area (Å²) in [6, 6.07) is 5.96. The third-order valence-electron chi connectivity index (χ3n) is 5.27. The Kier molecular flexibility index (Phi) is 6.35. The van der Waals surface area contributed by atoms with Crippen molar-refractivity contribution in [1.82, 2.24) is 35.6 Å². The van der Waals surface area contributed by atoms with E-state index in [-0.39, 0.29) is 23.0 Å². The molecule has 0 bridgehead atoms. The summed E-state index contributed by atoms with van der Waals surface area (Å²) in [6.07, 6.45) is 3.31. The number of benzene rings is 1. The molecule has 0 aliphatic carbocycles. The third-order valence-corrected chi connectivity index (χ3v) is 5.27. The Morgan fingerprint density at radius 3 is 2.79 bits per heavy atom. The van der Waals surface area contributed by atoms with Crippen LogP contribution in [0.2, 0.25) is 0 Å². The Bertz CT molecular complexity index is 1190. The van der Waals surface area contributed by atoms with Crippen molar-refractivity contribution in [3.05, 3.63) is 51.3 Å². The Hall–Kier alpha value is -4.20. The van der Waals surface area contributed by atoms with Crippen molar-refractivity contribution >= 4 is 23.1 Å². The number of piperidine rings is 1. The summed E-state index contributed by atoms with van der Waals surface area (Å²) in [5, 5.41) is 30.6. The number of rotatable bonds is 7. The van der Waals surface area contributed by atoms with Crippen LogP contribution in [0.3, 0.4) is 0 Å². The van der Waals surface area contributed by atoms with Gasteiger partial charge in [-0.25, -0.2) is 10.1 Å². The normalized spacial score (nSPS) is 14.9. The van der Waals surface area contributed by atoms with Gasteiger partial charge < -0.3 is 5.73 Å². The summed E-state index contributed by atoms with van der Waals surface area (Å²) in [5.74, 6) is -0.606. The van der Waals surface area contributed by atoms with Gasteiger partial charge in [-0.3, -0.25) is 19.8 Å². The van der Waals surface area contributed by atoms with Crippen LogP contribution in [0, 0.1) is 10.1 Å². The summed E-state index contributed by atoms with van der Waals surface area (Å²) >= 11 is 0. The highest BCUT2D eigenvalue weighted by atomic mass is 16.6. The van der Waals surface area contributed by atoms with Crippen molar-refractivity contribution in [3.63, 3.8) is 0 Å². The molecule has 0 saturated carbocycles. The average molecular weight is 454 g/mol. The van der Waals surface area contributed by atoms with E-state index in [9.17, 15) is 14.9 Å². The fraction of sp³-hybridized carbons (Fsp3) is 0.368. The first-order valence-corrected chi connectivity index (χ1v) is 10.3. The number of amides is 1. The number of nitrogens with one attached hydrogen (secondary N) is 1. The van der Waals surface area contributed by atoms with Crippen LogP contribution >= 0.6 is 0 Å². The van der Waals surface area contributed by atoms with Crippen LogP contribution in [0.4, 0.5) is 11.5 Å². The standard InChI is InChI=1S/C19H22N10O4/c1-12(13-6-5-7-14(10-13)29(31)32)21-23-19(30)16-15(11-27-8-3-2-4-9-27)22-26-28(16)18-17(20)24-33-25-18/h5-7,10H,2-4,8-9,11H2,1H3,(H2,20,24)(H,23,30)/b21-12+. The lowest BCUT2D eigenvalue weighted by atomic mass is 10.1. The number of carbonyl (C=O) groups is 1. The van der Waals surface area contributed by atoms with E-state index in [2.05, 4.69) is 40.7 Å². The molecule has 33 heavy (non-hydrogen) atoms. The second-order valence-corrected chi connectivity index (χ2v) is 7.55. The predicted molar refractivity (Wildman–Crippen MR) is 116 cm³/mol. The molecule has 2 aromatic heterocycles. The zero-order valence-electron chi connectivity index (χ0n) is 17.8. The van der Waals surface area contributed by atoms with E-state index in [0.717, 1.165) is 25.9 Å². The van der Waals surface area contributed by atoms with Crippen molar-refractivity contribution < 1.29 is 14.3 Å². The Labute approximate surface area is 187 Å². The number of nitrogens with zero attached hydrogens (tertiary/aromatic N) is 8. The minimum atomic E-state index is -0.598. The number of nitrogen functional groups attached to an aromatic ring is 1.